The zero-order chi connectivity index (χ0) is 22.2. The Labute approximate surface area is 188 Å². The van der Waals surface area contributed by atoms with Crippen LogP contribution in [0.25, 0.3) is 0 Å². The second-order valence-corrected chi connectivity index (χ2v) is 8.68. The molecule has 32 heavy (non-hydrogen) atoms. The third-order valence-corrected chi connectivity index (χ3v) is 6.94. The average Bonchev–Trinajstić information content (AvgIpc) is 2.84. The van der Waals surface area contributed by atoms with E-state index in [-0.39, 0.29) is 23.9 Å². The van der Waals surface area contributed by atoms with Gasteiger partial charge >= 0.3 is 0 Å². The van der Waals surface area contributed by atoms with E-state index in [0.717, 1.165) is 12.8 Å². The molecule has 5 rings (SSSR count). The number of hydrogen-bond acceptors (Lipinski definition) is 3. The number of fused-ring (bicyclic) bond motifs is 2. The topological polar surface area (TPSA) is 53.5 Å². The fourth-order valence-electron chi connectivity index (χ4n) is 5.09. The van der Waals surface area contributed by atoms with Crippen LogP contribution in [0, 0.1) is 0 Å². The lowest BCUT2D eigenvalue weighted by Gasteiger charge is -2.36. The first-order chi connectivity index (χ1) is 15.5. The van der Waals surface area contributed by atoms with Crippen LogP contribution in [-0.2, 0) is 12.8 Å². The maximum atomic E-state index is 13.4. The largest absolute Gasteiger partial charge is 0.332 e. The Hall–Kier alpha value is -3.47. The van der Waals surface area contributed by atoms with E-state index in [9.17, 15) is 9.59 Å². The number of nitrogens with zero attached hydrogens (tertiary/aromatic N) is 3. The van der Waals surface area contributed by atoms with Crippen LogP contribution in [0.2, 0.25) is 0 Å². The van der Waals surface area contributed by atoms with Crippen molar-refractivity contribution in [3.63, 3.8) is 0 Å². The van der Waals surface area contributed by atoms with Crippen molar-refractivity contribution in [3.8, 4) is 0 Å². The lowest BCUT2D eigenvalue weighted by Crippen LogP contribution is -2.40. The van der Waals surface area contributed by atoms with Gasteiger partial charge in [0.05, 0.1) is 12.1 Å². The lowest BCUT2D eigenvalue weighted by atomic mass is 9.93. The Bertz CT molecular complexity index is 1100. The van der Waals surface area contributed by atoms with Gasteiger partial charge in [-0.2, -0.15) is 0 Å². The van der Waals surface area contributed by atoms with Crippen LogP contribution >= 0.6 is 0 Å². The number of aromatic nitrogens is 1. The number of carbonyl (C=O) groups excluding carboxylic acids is 2. The SMILES string of the molecule is CC1c2ccccc2CCN1C(=O)c1ccnc(C(=O)N2CCc3ccccc3C2C)c1. The predicted octanol–water partition coefficient (Wildman–Crippen LogP) is 4.60. The van der Waals surface area contributed by atoms with Crippen molar-refractivity contribution in [2.24, 2.45) is 0 Å². The van der Waals surface area contributed by atoms with E-state index >= 15 is 0 Å². The van der Waals surface area contributed by atoms with Gasteiger partial charge in [0, 0.05) is 24.8 Å². The van der Waals surface area contributed by atoms with E-state index in [1.54, 1.807) is 18.3 Å². The highest BCUT2D eigenvalue weighted by atomic mass is 16.2. The Morgan fingerprint density at radius 2 is 1.31 bits per heavy atom. The number of hydrogen-bond donors (Lipinski definition) is 0. The van der Waals surface area contributed by atoms with Crippen molar-refractivity contribution >= 4 is 11.8 Å². The first-order valence-corrected chi connectivity index (χ1v) is 11.3. The highest BCUT2D eigenvalue weighted by Crippen LogP contribution is 2.32. The zero-order valence-corrected chi connectivity index (χ0v) is 18.5. The fraction of sp³-hybridized carbons (Fsp3) is 0.296. The van der Waals surface area contributed by atoms with Gasteiger partial charge in [-0.1, -0.05) is 48.5 Å². The molecule has 1 aromatic heterocycles. The minimum absolute atomic E-state index is 0.00150. The quantitative estimate of drug-likeness (QED) is 0.603. The van der Waals surface area contributed by atoms with Crippen LogP contribution in [-0.4, -0.2) is 39.7 Å². The summed E-state index contributed by atoms with van der Waals surface area (Å²) in [5.74, 6) is -0.181. The van der Waals surface area contributed by atoms with Crippen LogP contribution < -0.4 is 0 Å². The van der Waals surface area contributed by atoms with Crippen molar-refractivity contribution in [1.82, 2.24) is 14.8 Å². The average molecular weight is 426 g/mol. The molecule has 0 saturated carbocycles. The number of carbonyl (C=O) groups is 2. The van der Waals surface area contributed by atoms with Gasteiger partial charge in [-0.25, -0.2) is 0 Å². The summed E-state index contributed by atoms with van der Waals surface area (Å²) >= 11 is 0. The van der Waals surface area contributed by atoms with Crippen molar-refractivity contribution in [3.05, 3.63) is 100 Å². The third kappa shape index (κ3) is 3.48. The van der Waals surface area contributed by atoms with Gasteiger partial charge < -0.3 is 9.80 Å². The van der Waals surface area contributed by atoms with Crippen molar-refractivity contribution in [1.29, 1.82) is 0 Å². The first-order valence-electron chi connectivity index (χ1n) is 11.3. The van der Waals surface area contributed by atoms with Crippen LogP contribution in [0.3, 0.4) is 0 Å². The standard InChI is InChI=1S/C27H27N3O2/c1-18-23-9-5-3-7-20(23)12-15-29(18)26(31)22-11-14-28-25(17-22)27(32)30-16-13-21-8-4-6-10-24(21)19(30)2/h3-11,14,17-19H,12-13,15-16H2,1-2H3. The lowest BCUT2D eigenvalue weighted by molar-refractivity contribution is 0.0670. The summed E-state index contributed by atoms with van der Waals surface area (Å²) in [6.45, 7) is 5.44. The summed E-state index contributed by atoms with van der Waals surface area (Å²) < 4.78 is 0. The van der Waals surface area contributed by atoms with E-state index in [0.29, 0.717) is 24.3 Å². The number of benzene rings is 2. The highest BCUT2D eigenvalue weighted by Gasteiger charge is 2.31. The molecule has 162 valence electrons. The van der Waals surface area contributed by atoms with Crippen LogP contribution in [0.1, 0.15) is 69.0 Å². The Balaban J connectivity index is 1.38. The molecule has 0 bridgehead atoms. The van der Waals surface area contributed by atoms with Gasteiger partial charge in [0.2, 0.25) is 0 Å². The van der Waals surface area contributed by atoms with Crippen LogP contribution in [0.5, 0.6) is 0 Å². The number of pyridine rings is 1. The highest BCUT2D eigenvalue weighted by molar-refractivity contribution is 5.99. The number of amides is 2. The molecule has 0 fully saturated rings. The molecule has 3 heterocycles. The van der Waals surface area contributed by atoms with E-state index in [1.165, 1.54) is 22.3 Å². The maximum absolute atomic E-state index is 13.4. The summed E-state index contributed by atoms with van der Waals surface area (Å²) in [4.78, 5) is 34.8. The molecular formula is C27H27N3O2. The molecule has 2 aliphatic rings. The molecule has 2 aromatic carbocycles. The Morgan fingerprint density at radius 3 is 1.91 bits per heavy atom. The van der Waals surface area contributed by atoms with E-state index in [4.69, 9.17) is 0 Å². The third-order valence-electron chi connectivity index (χ3n) is 6.94. The zero-order valence-electron chi connectivity index (χ0n) is 18.5. The van der Waals surface area contributed by atoms with Crippen molar-refractivity contribution in [2.45, 2.75) is 38.8 Å². The molecule has 0 radical (unpaired) electrons. The molecule has 3 aromatic rings. The second kappa shape index (κ2) is 8.23. The second-order valence-electron chi connectivity index (χ2n) is 8.68. The van der Waals surface area contributed by atoms with Gasteiger partial charge in [0.15, 0.2) is 0 Å². The van der Waals surface area contributed by atoms with Gasteiger partial charge in [-0.3, -0.25) is 14.6 Å². The van der Waals surface area contributed by atoms with Crippen LogP contribution in [0.15, 0.2) is 66.9 Å². The van der Waals surface area contributed by atoms with E-state index in [1.807, 2.05) is 34.1 Å². The summed E-state index contributed by atoms with van der Waals surface area (Å²) in [5.41, 5.74) is 5.81. The van der Waals surface area contributed by atoms with Crippen molar-refractivity contribution in [2.75, 3.05) is 13.1 Å². The summed E-state index contributed by atoms with van der Waals surface area (Å²) in [6, 6.07) is 19.9. The summed E-state index contributed by atoms with van der Waals surface area (Å²) in [7, 11) is 0. The molecule has 5 heteroatoms. The van der Waals surface area contributed by atoms with Gasteiger partial charge in [-0.15, -0.1) is 0 Å². The van der Waals surface area contributed by atoms with Gasteiger partial charge in [0.1, 0.15) is 5.69 Å². The van der Waals surface area contributed by atoms with Crippen LogP contribution in [0.4, 0.5) is 0 Å². The molecular weight excluding hydrogens is 398 g/mol. The normalized spacial score (nSPS) is 19.8. The van der Waals surface area contributed by atoms with E-state index in [2.05, 4.69) is 43.1 Å². The molecule has 2 atom stereocenters. The maximum Gasteiger partial charge on any atom is 0.272 e. The van der Waals surface area contributed by atoms with Gasteiger partial charge in [-0.05, 0) is 61.1 Å². The fourth-order valence-corrected chi connectivity index (χ4v) is 5.09. The monoisotopic (exact) mass is 425 g/mol. The number of rotatable bonds is 2. The Kier molecular flexibility index (Phi) is 5.25. The summed E-state index contributed by atoms with van der Waals surface area (Å²) in [6.07, 6.45) is 3.25. The molecule has 2 amide bonds. The molecule has 0 N–H and O–H groups in total. The molecule has 0 spiro atoms. The van der Waals surface area contributed by atoms with Crippen molar-refractivity contribution < 1.29 is 9.59 Å². The smallest absolute Gasteiger partial charge is 0.272 e. The molecule has 5 nitrogen and oxygen atoms in total. The minimum Gasteiger partial charge on any atom is -0.332 e. The minimum atomic E-state index is -0.126. The Morgan fingerprint density at radius 1 is 0.781 bits per heavy atom. The molecule has 2 aliphatic heterocycles. The molecule has 0 aliphatic carbocycles. The summed E-state index contributed by atoms with van der Waals surface area (Å²) in [5, 5.41) is 0. The predicted molar refractivity (Wildman–Crippen MR) is 123 cm³/mol. The first kappa shape index (κ1) is 20.4. The molecule has 2 unspecified atom stereocenters. The molecule has 0 saturated heterocycles. The van der Waals surface area contributed by atoms with Gasteiger partial charge in [0.25, 0.3) is 11.8 Å². The van der Waals surface area contributed by atoms with E-state index < -0.39 is 0 Å².